The molecule has 18 heavy (non-hydrogen) atoms. The van der Waals surface area contributed by atoms with E-state index in [0.29, 0.717) is 16.4 Å². The number of nitrogens with two attached hydrogens (primary N) is 1. The highest BCUT2D eigenvalue weighted by atomic mass is 35.5. The number of hydrogen-bond acceptors (Lipinski definition) is 4. The van der Waals surface area contributed by atoms with E-state index in [4.69, 9.17) is 22.5 Å². The van der Waals surface area contributed by atoms with Crippen LogP contribution in [0.5, 0.6) is 0 Å². The molecule has 0 radical (unpaired) electrons. The average Bonchev–Trinajstić information content (AvgIpc) is 2.39. The Hall–Kier alpha value is -1.49. The van der Waals surface area contributed by atoms with Gasteiger partial charge in [0.05, 0.1) is 5.02 Å². The van der Waals surface area contributed by atoms with Crippen LogP contribution in [0.1, 0.15) is 25.3 Å². The summed E-state index contributed by atoms with van der Waals surface area (Å²) >= 11 is 6.28. The molecule has 0 spiro atoms. The number of nitrogens with zero attached hydrogens (tertiary/aromatic N) is 3. The van der Waals surface area contributed by atoms with Crippen molar-refractivity contribution in [3.63, 3.8) is 0 Å². The van der Waals surface area contributed by atoms with Gasteiger partial charge in [0.25, 0.3) is 0 Å². The van der Waals surface area contributed by atoms with Crippen LogP contribution in [-0.2, 0) is 0 Å². The summed E-state index contributed by atoms with van der Waals surface area (Å²) in [7, 11) is 0. The zero-order valence-corrected chi connectivity index (χ0v) is 11.1. The van der Waals surface area contributed by atoms with E-state index in [1.54, 1.807) is 12.3 Å². The van der Waals surface area contributed by atoms with E-state index in [1.165, 1.54) is 0 Å². The molecule has 1 aliphatic rings. The Morgan fingerprint density at radius 2 is 2.22 bits per heavy atom. The van der Waals surface area contributed by atoms with Crippen LogP contribution in [0, 0.1) is 5.92 Å². The van der Waals surface area contributed by atoms with Gasteiger partial charge in [0.15, 0.2) is 5.84 Å². The van der Waals surface area contributed by atoms with Crippen LogP contribution in [0.2, 0.25) is 5.02 Å². The zero-order valence-electron chi connectivity index (χ0n) is 10.3. The molecule has 0 aliphatic carbocycles. The Morgan fingerprint density at radius 3 is 2.83 bits per heavy atom. The van der Waals surface area contributed by atoms with Crippen molar-refractivity contribution in [2.24, 2.45) is 16.8 Å². The molecule has 5 nitrogen and oxygen atoms in total. The van der Waals surface area contributed by atoms with Crippen molar-refractivity contribution < 1.29 is 5.21 Å². The molecule has 0 bridgehead atoms. The number of pyridine rings is 1. The Kier molecular flexibility index (Phi) is 3.91. The van der Waals surface area contributed by atoms with E-state index in [-0.39, 0.29) is 5.84 Å². The molecule has 1 aliphatic heterocycles. The molecule has 0 saturated carbocycles. The second-order valence-corrected chi connectivity index (χ2v) is 5.03. The van der Waals surface area contributed by atoms with Crippen molar-refractivity contribution in [2.45, 2.75) is 19.8 Å². The summed E-state index contributed by atoms with van der Waals surface area (Å²) in [5, 5.41) is 12.1. The molecule has 1 saturated heterocycles. The molecule has 2 rings (SSSR count). The minimum absolute atomic E-state index is 0.00836. The fourth-order valence-electron chi connectivity index (χ4n) is 2.13. The van der Waals surface area contributed by atoms with Crippen LogP contribution in [0.25, 0.3) is 0 Å². The third kappa shape index (κ3) is 2.51. The van der Waals surface area contributed by atoms with E-state index in [2.05, 4.69) is 22.0 Å². The number of anilines is 1. The predicted octanol–water partition coefficient (Wildman–Crippen LogP) is 2.07. The molecular weight excluding hydrogens is 252 g/mol. The topological polar surface area (TPSA) is 74.7 Å². The Bertz CT molecular complexity index is 455. The molecule has 98 valence electrons. The minimum Gasteiger partial charge on any atom is -0.409 e. The standard InChI is InChI=1S/C12H17ClN4O/c1-8-3-6-17(7-4-8)12-10(13)9(2-5-15-12)11(14)16-18/h2,5,8,18H,3-4,6-7H2,1H3,(H2,14,16). The minimum atomic E-state index is 0.00836. The molecule has 3 N–H and O–H groups in total. The lowest BCUT2D eigenvalue weighted by molar-refractivity contribution is 0.318. The van der Waals surface area contributed by atoms with E-state index < -0.39 is 0 Å². The maximum absolute atomic E-state index is 8.72. The maximum atomic E-state index is 8.72. The van der Waals surface area contributed by atoms with Gasteiger partial charge in [-0.05, 0) is 24.8 Å². The Balaban J connectivity index is 2.29. The molecule has 0 atom stereocenters. The summed E-state index contributed by atoms with van der Waals surface area (Å²) in [6.45, 7) is 4.13. The fraction of sp³-hybridized carbons (Fsp3) is 0.500. The third-order valence-electron chi connectivity index (χ3n) is 3.34. The summed E-state index contributed by atoms with van der Waals surface area (Å²) in [4.78, 5) is 6.46. The number of hydrogen-bond donors (Lipinski definition) is 2. The predicted molar refractivity (Wildman–Crippen MR) is 72.4 cm³/mol. The number of piperidine rings is 1. The number of aromatic nitrogens is 1. The lowest BCUT2D eigenvalue weighted by Gasteiger charge is -2.31. The molecular formula is C12H17ClN4O. The van der Waals surface area contributed by atoms with Crippen LogP contribution in [0.3, 0.4) is 0 Å². The fourth-order valence-corrected chi connectivity index (χ4v) is 2.45. The highest BCUT2D eigenvalue weighted by molar-refractivity contribution is 6.36. The van der Waals surface area contributed by atoms with Gasteiger partial charge in [0, 0.05) is 24.8 Å². The first-order valence-corrected chi connectivity index (χ1v) is 6.38. The first kappa shape index (κ1) is 13.0. The van der Waals surface area contributed by atoms with E-state index in [1.807, 2.05) is 0 Å². The van der Waals surface area contributed by atoms with Crippen LogP contribution < -0.4 is 10.6 Å². The van der Waals surface area contributed by atoms with Crippen LogP contribution >= 0.6 is 11.6 Å². The van der Waals surface area contributed by atoms with Crippen molar-refractivity contribution in [2.75, 3.05) is 18.0 Å². The number of rotatable bonds is 2. The molecule has 0 amide bonds. The van der Waals surface area contributed by atoms with E-state index in [0.717, 1.165) is 31.8 Å². The molecule has 0 unspecified atom stereocenters. The van der Waals surface area contributed by atoms with Crippen molar-refractivity contribution in [1.29, 1.82) is 0 Å². The quantitative estimate of drug-likeness (QED) is 0.373. The van der Waals surface area contributed by atoms with Gasteiger partial charge < -0.3 is 15.8 Å². The zero-order chi connectivity index (χ0) is 13.1. The van der Waals surface area contributed by atoms with Crippen molar-refractivity contribution in [1.82, 2.24) is 4.98 Å². The van der Waals surface area contributed by atoms with Gasteiger partial charge in [-0.2, -0.15) is 0 Å². The summed E-state index contributed by atoms with van der Waals surface area (Å²) in [5.74, 6) is 1.47. The highest BCUT2D eigenvalue weighted by Gasteiger charge is 2.21. The second kappa shape index (κ2) is 5.44. The number of oxime groups is 1. The highest BCUT2D eigenvalue weighted by Crippen LogP contribution is 2.29. The molecule has 1 fully saturated rings. The van der Waals surface area contributed by atoms with Gasteiger partial charge in [-0.25, -0.2) is 4.98 Å². The summed E-state index contributed by atoms with van der Waals surface area (Å²) in [6.07, 6.45) is 3.89. The summed E-state index contributed by atoms with van der Waals surface area (Å²) in [6, 6.07) is 1.65. The lowest BCUT2D eigenvalue weighted by atomic mass is 9.99. The van der Waals surface area contributed by atoms with Crippen LogP contribution in [-0.4, -0.2) is 29.1 Å². The molecule has 0 aromatic carbocycles. The smallest absolute Gasteiger partial charge is 0.171 e. The Morgan fingerprint density at radius 1 is 1.56 bits per heavy atom. The van der Waals surface area contributed by atoms with Crippen LogP contribution in [0.4, 0.5) is 5.82 Å². The first-order valence-electron chi connectivity index (χ1n) is 6.00. The summed E-state index contributed by atoms with van der Waals surface area (Å²) in [5.41, 5.74) is 6.10. The SMILES string of the molecule is CC1CCN(c2nccc(/C(N)=N/O)c2Cl)CC1. The molecule has 6 heteroatoms. The largest absolute Gasteiger partial charge is 0.409 e. The number of amidine groups is 1. The Labute approximate surface area is 111 Å². The molecule has 1 aromatic heterocycles. The van der Waals surface area contributed by atoms with Gasteiger partial charge >= 0.3 is 0 Å². The van der Waals surface area contributed by atoms with E-state index in [9.17, 15) is 0 Å². The molecule has 2 heterocycles. The average molecular weight is 269 g/mol. The van der Waals surface area contributed by atoms with Crippen molar-refractivity contribution >= 4 is 23.3 Å². The van der Waals surface area contributed by atoms with Gasteiger partial charge in [0.1, 0.15) is 5.82 Å². The first-order chi connectivity index (χ1) is 8.63. The summed E-state index contributed by atoms with van der Waals surface area (Å²) < 4.78 is 0. The monoisotopic (exact) mass is 268 g/mol. The normalized spacial score (nSPS) is 18.1. The van der Waals surface area contributed by atoms with Gasteiger partial charge in [-0.15, -0.1) is 0 Å². The van der Waals surface area contributed by atoms with Crippen molar-refractivity contribution in [3.05, 3.63) is 22.8 Å². The second-order valence-electron chi connectivity index (χ2n) is 4.65. The van der Waals surface area contributed by atoms with Gasteiger partial charge in [-0.3, -0.25) is 0 Å². The van der Waals surface area contributed by atoms with Gasteiger partial charge in [0.2, 0.25) is 0 Å². The molecule has 1 aromatic rings. The number of halogens is 1. The lowest BCUT2D eigenvalue weighted by Crippen LogP contribution is -2.34. The van der Waals surface area contributed by atoms with Crippen LogP contribution in [0.15, 0.2) is 17.4 Å². The maximum Gasteiger partial charge on any atom is 0.171 e. The van der Waals surface area contributed by atoms with E-state index >= 15 is 0 Å². The van der Waals surface area contributed by atoms with Gasteiger partial charge in [-0.1, -0.05) is 23.7 Å². The third-order valence-corrected chi connectivity index (χ3v) is 3.71. The van der Waals surface area contributed by atoms with Crippen molar-refractivity contribution in [3.8, 4) is 0 Å².